The van der Waals surface area contributed by atoms with E-state index in [-0.39, 0.29) is 43.3 Å². The fourth-order valence-corrected chi connectivity index (χ4v) is 6.40. The van der Waals surface area contributed by atoms with Gasteiger partial charge in [0.15, 0.2) is 0 Å². The number of sulfonamides is 1. The van der Waals surface area contributed by atoms with Crippen molar-refractivity contribution in [3.8, 4) is 0 Å². The predicted octanol–water partition coefficient (Wildman–Crippen LogP) is 2.25. The van der Waals surface area contributed by atoms with Gasteiger partial charge in [-0.2, -0.15) is 4.31 Å². The number of hydrogen-bond donors (Lipinski definition) is 0. The van der Waals surface area contributed by atoms with E-state index >= 15 is 0 Å². The molecule has 34 heavy (non-hydrogen) atoms. The van der Waals surface area contributed by atoms with Crippen LogP contribution in [0.4, 0.5) is 0 Å². The molecule has 0 N–H and O–H groups in total. The Balaban J connectivity index is 1.48. The second-order valence-corrected chi connectivity index (χ2v) is 12.4. The summed E-state index contributed by atoms with van der Waals surface area (Å²) in [4.78, 5) is 31.8. The molecule has 1 aromatic rings. The minimum absolute atomic E-state index is 0.0280. The average molecular weight is 493 g/mol. The first kappa shape index (κ1) is 26.6. The van der Waals surface area contributed by atoms with Gasteiger partial charge in [-0.1, -0.05) is 12.1 Å². The third-order valence-corrected chi connectivity index (χ3v) is 8.94. The van der Waals surface area contributed by atoms with E-state index in [1.807, 2.05) is 24.0 Å². The Morgan fingerprint density at radius 2 is 1.38 bits per heavy atom. The van der Waals surface area contributed by atoms with Gasteiger partial charge in [-0.3, -0.25) is 14.5 Å². The van der Waals surface area contributed by atoms with Crippen molar-refractivity contribution in [3.05, 3.63) is 29.3 Å². The molecule has 0 aromatic heterocycles. The molecule has 0 radical (unpaired) electrons. The van der Waals surface area contributed by atoms with Crippen molar-refractivity contribution in [3.63, 3.8) is 0 Å². The fraction of sp³-hybridized carbons (Fsp3) is 0.680. The number of nitrogens with zero attached hydrogens (tertiary/aromatic N) is 4. The first-order valence-electron chi connectivity index (χ1n) is 12.3. The molecule has 2 aliphatic rings. The minimum Gasteiger partial charge on any atom is -0.341 e. The van der Waals surface area contributed by atoms with Gasteiger partial charge in [-0.05, 0) is 58.2 Å². The maximum absolute atomic E-state index is 13.1. The van der Waals surface area contributed by atoms with Gasteiger partial charge in [0.1, 0.15) is 0 Å². The molecule has 0 atom stereocenters. The number of aryl methyl sites for hydroxylation is 2. The van der Waals surface area contributed by atoms with E-state index in [0.29, 0.717) is 24.5 Å². The van der Waals surface area contributed by atoms with Crippen molar-refractivity contribution >= 4 is 21.8 Å². The van der Waals surface area contributed by atoms with Crippen molar-refractivity contribution in [1.82, 2.24) is 19.0 Å². The van der Waals surface area contributed by atoms with Crippen LogP contribution in [0.15, 0.2) is 23.1 Å². The van der Waals surface area contributed by atoms with E-state index in [9.17, 15) is 18.0 Å². The zero-order valence-electron chi connectivity index (χ0n) is 21.3. The van der Waals surface area contributed by atoms with Crippen LogP contribution in [0.25, 0.3) is 0 Å². The molecule has 2 saturated heterocycles. The van der Waals surface area contributed by atoms with Crippen molar-refractivity contribution in [1.29, 1.82) is 0 Å². The van der Waals surface area contributed by atoms with Crippen LogP contribution >= 0.6 is 0 Å². The van der Waals surface area contributed by atoms with E-state index in [2.05, 4.69) is 25.7 Å². The predicted molar refractivity (Wildman–Crippen MR) is 133 cm³/mol. The quantitative estimate of drug-likeness (QED) is 0.630. The lowest BCUT2D eigenvalue weighted by molar-refractivity contribution is -0.137. The zero-order valence-corrected chi connectivity index (χ0v) is 22.2. The third-order valence-electron chi connectivity index (χ3n) is 6.90. The summed E-state index contributed by atoms with van der Waals surface area (Å²) in [5.41, 5.74) is 1.71. The van der Waals surface area contributed by atoms with Crippen LogP contribution in [0.3, 0.4) is 0 Å². The van der Waals surface area contributed by atoms with Crippen LogP contribution in [-0.4, -0.2) is 97.1 Å². The van der Waals surface area contributed by atoms with E-state index in [0.717, 1.165) is 37.2 Å². The summed E-state index contributed by atoms with van der Waals surface area (Å²) >= 11 is 0. The van der Waals surface area contributed by atoms with Crippen LogP contribution in [0.5, 0.6) is 0 Å². The highest BCUT2D eigenvalue weighted by Gasteiger charge is 2.31. The molecule has 8 nitrogen and oxygen atoms in total. The van der Waals surface area contributed by atoms with Crippen molar-refractivity contribution in [2.75, 3.05) is 52.4 Å². The first-order valence-corrected chi connectivity index (χ1v) is 13.7. The van der Waals surface area contributed by atoms with Gasteiger partial charge in [0.2, 0.25) is 21.8 Å². The second kappa shape index (κ2) is 10.7. The number of piperazine rings is 1. The Bertz CT molecular complexity index is 995. The topological polar surface area (TPSA) is 81.2 Å². The normalized spacial score (nSPS) is 19.2. The fourth-order valence-electron chi connectivity index (χ4n) is 4.67. The number of carbonyl (C=O) groups excluding carboxylic acids is 2. The van der Waals surface area contributed by atoms with Crippen molar-refractivity contribution < 1.29 is 18.0 Å². The molecule has 0 bridgehead atoms. The summed E-state index contributed by atoms with van der Waals surface area (Å²) < 4.78 is 27.7. The van der Waals surface area contributed by atoms with Gasteiger partial charge in [-0.25, -0.2) is 8.42 Å². The summed E-state index contributed by atoms with van der Waals surface area (Å²) in [6, 6.07) is 5.43. The van der Waals surface area contributed by atoms with Crippen LogP contribution in [0.1, 0.15) is 51.2 Å². The minimum atomic E-state index is -3.59. The van der Waals surface area contributed by atoms with Crippen LogP contribution in [0, 0.1) is 13.8 Å². The summed E-state index contributed by atoms with van der Waals surface area (Å²) in [5, 5.41) is 0. The Morgan fingerprint density at radius 3 is 1.97 bits per heavy atom. The maximum atomic E-state index is 13.1. The number of benzene rings is 1. The summed E-state index contributed by atoms with van der Waals surface area (Å²) in [7, 11) is -3.59. The smallest absolute Gasteiger partial charge is 0.243 e. The molecule has 0 aliphatic carbocycles. The lowest BCUT2D eigenvalue weighted by Gasteiger charge is -2.34. The number of hydrogen-bond acceptors (Lipinski definition) is 5. The molecule has 190 valence electrons. The molecule has 0 spiro atoms. The zero-order chi connectivity index (χ0) is 25.1. The van der Waals surface area contributed by atoms with Crippen LogP contribution in [-0.2, 0) is 19.6 Å². The monoisotopic (exact) mass is 492 g/mol. The second-order valence-electron chi connectivity index (χ2n) is 10.4. The van der Waals surface area contributed by atoms with Crippen LogP contribution in [0.2, 0.25) is 0 Å². The number of rotatable bonds is 5. The molecule has 3 rings (SSSR count). The Labute approximate surface area is 204 Å². The third kappa shape index (κ3) is 6.37. The largest absolute Gasteiger partial charge is 0.341 e. The standard InChI is InChI=1S/C25H40N4O4S/c1-20-7-8-21(2)22(19-20)34(32,33)29-17-14-27(15-18-29)24(31)10-9-23(30)26-11-6-12-28(16-13-26)25(3,4)5/h7-8,19H,6,9-18H2,1-5H3. The van der Waals surface area contributed by atoms with Gasteiger partial charge in [0.25, 0.3) is 0 Å². The summed E-state index contributed by atoms with van der Waals surface area (Å²) in [6.45, 7) is 14.7. The van der Waals surface area contributed by atoms with Gasteiger partial charge < -0.3 is 9.80 Å². The van der Waals surface area contributed by atoms with E-state index < -0.39 is 10.0 Å². The molecular weight excluding hydrogens is 452 g/mol. The van der Waals surface area contributed by atoms with Gasteiger partial charge in [0, 0.05) is 70.7 Å². The molecule has 2 fully saturated rings. The molecule has 9 heteroatoms. The molecular formula is C25H40N4O4S. The molecule has 2 amide bonds. The maximum Gasteiger partial charge on any atom is 0.243 e. The van der Waals surface area contributed by atoms with Crippen molar-refractivity contribution in [2.45, 2.75) is 64.3 Å². The summed E-state index contributed by atoms with van der Waals surface area (Å²) in [5.74, 6) is -0.0523. The molecule has 2 heterocycles. The van der Waals surface area contributed by atoms with E-state index in [1.54, 1.807) is 17.9 Å². The lowest BCUT2D eigenvalue weighted by Crippen LogP contribution is -2.50. The highest BCUT2D eigenvalue weighted by Crippen LogP contribution is 2.23. The highest BCUT2D eigenvalue weighted by atomic mass is 32.2. The van der Waals surface area contributed by atoms with E-state index in [4.69, 9.17) is 0 Å². The van der Waals surface area contributed by atoms with Gasteiger partial charge >= 0.3 is 0 Å². The number of carbonyl (C=O) groups is 2. The van der Waals surface area contributed by atoms with Gasteiger partial charge in [-0.15, -0.1) is 0 Å². The first-order chi connectivity index (χ1) is 15.9. The average Bonchev–Trinajstić information content (AvgIpc) is 3.05. The molecule has 2 aliphatic heterocycles. The number of amides is 2. The van der Waals surface area contributed by atoms with Crippen molar-refractivity contribution in [2.24, 2.45) is 0 Å². The Hall–Kier alpha value is -1.97. The molecule has 0 unspecified atom stereocenters. The SMILES string of the molecule is Cc1ccc(C)c(S(=O)(=O)N2CCN(C(=O)CCC(=O)N3CCCN(C(C)(C)C)CC3)CC2)c1. The van der Waals surface area contributed by atoms with E-state index in [1.165, 1.54) is 4.31 Å². The molecule has 0 saturated carbocycles. The Morgan fingerprint density at radius 1 is 0.824 bits per heavy atom. The Kier molecular flexibility index (Phi) is 8.42. The molecule has 1 aromatic carbocycles. The van der Waals surface area contributed by atoms with Gasteiger partial charge in [0.05, 0.1) is 4.90 Å². The summed E-state index contributed by atoms with van der Waals surface area (Å²) in [6.07, 6.45) is 1.31. The highest BCUT2D eigenvalue weighted by molar-refractivity contribution is 7.89. The van der Waals surface area contributed by atoms with Crippen LogP contribution < -0.4 is 0 Å². The lowest BCUT2D eigenvalue weighted by atomic mass is 10.1.